The van der Waals surface area contributed by atoms with Crippen molar-refractivity contribution in [2.75, 3.05) is 12.4 Å². The van der Waals surface area contributed by atoms with Gasteiger partial charge >= 0.3 is 0 Å². The maximum absolute atomic E-state index is 12.7. The van der Waals surface area contributed by atoms with Crippen LogP contribution in [0.4, 0.5) is 5.69 Å². The molecule has 0 aliphatic heterocycles. The van der Waals surface area contributed by atoms with Gasteiger partial charge in [-0.1, -0.05) is 56.3 Å². The van der Waals surface area contributed by atoms with Crippen molar-refractivity contribution in [1.82, 2.24) is 10.2 Å². The Morgan fingerprint density at radius 1 is 1.19 bits per heavy atom. The Labute approximate surface area is 191 Å². The van der Waals surface area contributed by atoms with E-state index in [0.29, 0.717) is 27.6 Å². The molecule has 0 saturated heterocycles. The van der Waals surface area contributed by atoms with Crippen molar-refractivity contribution in [3.63, 3.8) is 0 Å². The maximum Gasteiger partial charge on any atom is 0.277 e. The molecule has 0 bridgehead atoms. The number of rotatable bonds is 6. The minimum absolute atomic E-state index is 0.0719. The number of carbonyl (C=O) groups is 1. The fourth-order valence-corrected chi connectivity index (χ4v) is 3.69. The van der Waals surface area contributed by atoms with Crippen LogP contribution in [0, 0.1) is 6.92 Å². The monoisotopic (exact) mass is 459 g/mol. The predicted octanol–water partition coefficient (Wildman–Crippen LogP) is 6.12. The number of aryl methyl sites for hydroxylation is 1. The predicted molar refractivity (Wildman–Crippen MR) is 125 cm³/mol. The van der Waals surface area contributed by atoms with Gasteiger partial charge in [0.2, 0.25) is 11.8 Å². The summed E-state index contributed by atoms with van der Waals surface area (Å²) < 4.78 is 11.1. The molecule has 0 aliphatic rings. The summed E-state index contributed by atoms with van der Waals surface area (Å²) in [5, 5.41) is 11.5. The number of ether oxygens (including phenoxy) is 1. The average Bonchev–Trinajstić information content (AvgIpc) is 3.18. The molecular weight excluding hydrogens is 434 g/mol. The number of benzene rings is 2. The third-order valence-electron chi connectivity index (χ3n) is 4.79. The molecule has 0 aliphatic carbocycles. The maximum atomic E-state index is 12.7. The van der Waals surface area contributed by atoms with Gasteiger partial charge in [-0.25, -0.2) is 0 Å². The van der Waals surface area contributed by atoms with Gasteiger partial charge in [0.1, 0.15) is 5.75 Å². The standard InChI is InChI=1S/C23H26ClN3O3S/c1-13-11-18(19(29-6)12-17(13)24)25-20(28)14(2)31-22-27-26-21(30-22)15-7-9-16(10-8-15)23(3,4)5/h7-12,14H,1-6H3,(H,25,28). The van der Waals surface area contributed by atoms with E-state index in [1.54, 1.807) is 19.1 Å². The number of carbonyl (C=O) groups excluding carboxylic acids is 1. The normalized spacial score (nSPS) is 12.5. The van der Waals surface area contributed by atoms with Crippen molar-refractivity contribution in [3.05, 3.63) is 52.5 Å². The van der Waals surface area contributed by atoms with Crippen molar-refractivity contribution < 1.29 is 13.9 Å². The number of anilines is 1. The lowest BCUT2D eigenvalue weighted by atomic mass is 9.87. The van der Waals surface area contributed by atoms with Crippen LogP contribution in [-0.4, -0.2) is 28.5 Å². The SMILES string of the molecule is COc1cc(Cl)c(C)cc1NC(=O)C(C)Sc1nnc(-c2ccc(C(C)(C)C)cc2)o1. The van der Waals surface area contributed by atoms with Gasteiger partial charge in [-0.3, -0.25) is 4.79 Å². The van der Waals surface area contributed by atoms with Crippen molar-refractivity contribution in [2.24, 2.45) is 0 Å². The van der Waals surface area contributed by atoms with Crippen molar-refractivity contribution in [2.45, 2.75) is 50.5 Å². The van der Waals surface area contributed by atoms with Crippen LogP contribution in [0.3, 0.4) is 0 Å². The molecule has 164 valence electrons. The second-order valence-electron chi connectivity index (χ2n) is 8.25. The van der Waals surface area contributed by atoms with Gasteiger partial charge in [0.25, 0.3) is 5.22 Å². The van der Waals surface area contributed by atoms with Crippen LogP contribution in [0.25, 0.3) is 11.5 Å². The second-order valence-corrected chi connectivity index (χ2v) is 9.95. The summed E-state index contributed by atoms with van der Waals surface area (Å²) in [5.41, 5.74) is 3.54. The van der Waals surface area contributed by atoms with Gasteiger partial charge < -0.3 is 14.5 Å². The number of methoxy groups -OCH3 is 1. The molecule has 1 heterocycles. The molecule has 1 N–H and O–H groups in total. The minimum Gasteiger partial charge on any atom is -0.495 e. The molecule has 1 amide bonds. The highest BCUT2D eigenvalue weighted by Gasteiger charge is 2.21. The highest BCUT2D eigenvalue weighted by Crippen LogP contribution is 2.33. The van der Waals surface area contributed by atoms with Crippen molar-refractivity contribution in [3.8, 4) is 17.2 Å². The van der Waals surface area contributed by atoms with Crippen LogP contribution in [-0.2, 0) is 10.2 Å². The van der Waals surface area contributed by atoms with Gasteiger partial charge in [0.15, 0.2) is 0 Å². The van der Waals surface area contributed by atoms with Crippen LogP contribution in [0.1, 0.15) is 38.8 Å². The fourth-order valence-electron chi connectivity index (χ4n) is 2.86. The molecule has 0 radical (unpaired) electrons. The highest BCUT2D eigenvalue weighted by molar-refractivity contribution is 8.00. The van der Waals surface area contributed by atoms with Gasteiger partial charge in [-0.15, -0.1) is 10.2 Å². The number of amides is 1. The Morgan fingerprint density at radius 2 is 1.87 bits per heavy atom. The molecule has 8 heteroatoms. The number of nitrogens with one attached hydrogen (secondary N) is 1. The average molecular weight is 460 g/mol. The smallest absolute Gasteiger partial charge is 0.277 e. The molecule has 1 unspecified atom stereocenters. The summed E-state index contributed by atoms with van der Waals surface area (Å²) >= 11 is 7.33. The summed E-state index contributed by atoms with van der Waals surface area (Å²) in [6.07, 6.45) is 0. The van der Waals surface area contributed by atoms with Crippen LogP contribution < -0.4 is 10.1 Å². The van der Waals surface area contributed by atoms with Crippen molar-refractivity contribution in [1.29, 1.82) is 0 Å². The molecule has 0 saturated carbocycles. The zero-order valence-electron chi connectivity index (χ0n) is 18.4. The third-order valence-corrected chi connectivity index (χ3v) is 6.13. The molecule has 6 nitrogen and oxygen atoms in total. The van der Waals surface area contributed by atoms with Crippen LogP contribution in [0.2, 0.25) is 5.02 Å². The Morgan fingerprint density at radius 3 is 2.48 bits per heavy atom. The summed E-state index contributed by atoms with van der Waals surface area (Å²) in [6, 6.07) is 11.5. The molecule has 1 aromatic heterocycles. The quantitative estimate of drug-likeness (QED) is 0.447. The molecule has 0 spiro atoms. The summed E-state index contributed by atoms with van der Waals surface area (Å²) in [7, 11) is 1.53. The molecule has 3 aromatic rings. The van der Waals surface area contributed by atoms with E-state index in [9.17, 15) is 4.79 Å². The van der Waals surface area contributed by atoms with Crippen LogP contribution in [0.5, 0.6) is 5.75 Å². The zero-order chi connectivity index (χ0) is 22.8. The Kier molecular flexibility index (Phi) is 6.96. The molecular formula is C23H26ClN3O3S. The van der Waals surface area contributed by atoms with E-state index in [4.69, 9.17) is 20.8 Å². The molecule has 2 aromatic carbocycles. The van der Waals surface area contributed by atoms with Gasteiger partial charge in [-0.05, 0) is 48.6 Å². The van der Waals surface area contributed by atoms with E-state index in [2.05, 4.69) is 48.4 Å². The first-order valence-corrected chi connectivity index (χ1v) is 11.1. The number of nitrogens with zero attached hydrogens (tertiary/aromatic N) is 2. The Balaban J connectivity index is 1.68. The lowest BCUT2D eigenvalue weighted by molar-refractivity contribution is -0.115. The lowest BCUT2D eigenvalue weighted by Crippen LogP contribution is -2.22. The summed E-state index contributed by atoms with van der Waals surface area (Å²) in [5.74, 6) is 0.713. The van der Waals surface area contributed by atoms with E-state index < -0.39 is 5.25 Å². The zero-order valence-corrected chi connectivity index (χ0v) is 20.0. The van der Waals surface area contributed by atoms with Gasteiger partial charge in [-0.2, -0.15) is 0 Å². The first-order valence-electron chi connectivity index (χ1n) is 9.84. The highest BCUT2D eigenvalue weighted by atomic mass is 35.5. The fraction of sp³-hybridized carbons (Fsp3) is 0.348. The summed E-state index contributed by atoms with van der Waals surface area (Å²) in [4.78, 5) is 12.7. The van der Waals surface area contributed by atoms with Crippen LogP contribution >= 0.6 is 23.4 Å². The topological polar surface area (TPSA) is 77.2 Å². The number of hydrogen-bond donors (Lipinski definition) is 1. The number of halogens is 1. The number of thioether (sulfide) groups is 1. The first-order chi connectivity index (χ1) is 14.6. The Bertz CT molecular complexity index is 1070. The largest absolute Gasteiger partial charge is 0.495 e. The van der Waals surface area contributed by atoms with Crippen molar-refractivity contribution >= 4 is 35.0 Å². The van der Waals surface area contributed by atoms with Gasteiger partial charge in [0, 0.05) is 16.7 Å². The first kappa shape index (κ1) is 23.2. The molecule has 3 rings (SSSR count). The molecule has 1 atom stereocenters. The van der Waals surface area contributed by atoms with E-state index in [1.807, 2.05) is 19.1 Å². The Hall–Kier alpha value is -2.51. The minimum atomic E-state index is -0.461. The van der Waals surface area contributed by atoms with E-state index >= 15 is 0 Å². The number of hydrogen-bond acceptors (Lipinski definition) is 6. The molecule has 0 fully saturated rings. The third kappa shape index (κ3) is 5.60. The lowest BCUT2D eigenvalue weighted by Gasteiger charge is -2.18. The van der Waals surface area contributed by atoms with E-state index in [0.717, 1.165) is 11.1 Å². The van der Waals surface area contributed by atoms with E-state index in [1.165, 1.54) is 24.4 Å². The van der Waals surface area contributed by atoms with Crippen LogP contribution in [0.15, 0.2) is 46.0 Å². The van der Waals surface area contributed by atoms with Gasteiger partial charge in [0.05, 0.1) is 18.0 Å². The number of aromatic nitrogens is 2. The molecule has 31 heavy (non-hydrogen) atoms. The summed E-state index contributed by atoms with van der Waals surface area (Å²) in [6.45, 7) is 10.1. The second kappa shape index (κ2) is 9.32. The van der Waals surface area contributed by atoms with E-state index in [-0.39, 0.29) is 11.3 Å².